The largest absolute Gasteiger partial charge is 0.368 e. The van der Waals surface area contributed by atoms with Gasteiger partial charge in [0, 0.05) is 62.9 Å². The Balaban J connectivity index is 1.90. The third kappa shape index (κ3) is 7.10. The Morgan fingerprint density at radius 1 is 1.14 bits per heavy atom. The Morgan fingerprint density at radius 3 is 2.43 bits per heavy atom. The van der Waals surface area contributed by atoms with Crippen LogP contribution in [0.1, 0.15) is 0 Å². The zero-order chi connectivity index (χ0) is 25.6. The van der Waals surface area contributed by atoms with Gasteiger partial charge in [-0.25, -0.2) is 8.42 Å². The van der Waals surface area contributed by atoms with Crippen molar-refractivity contribution in [2.75, 3.05) is 67.3 Å². The van der Waals surface area contributed by atoms with Crippen LogP contribution in [0, 0.1) is 10.1 Å². The van der Waals surface area contributed by atoms with E-state index < -0.39 is 25.1 Å². The molecule has 1 fully saturated rings. The van der Waals surface area contributed by atoms with Gasteiger partial charge in [-0.15, -0.1) is 0 Å². The number of non-ortho nitro benzene ring substituents is 1. The van der Waals surface area contributed by atoms with Crippen LogP contribution < -0.4 is 9.80 Å². The van der Waals surface area contributed by atoms with Gasteiger partial charge < -0.3 is 9.80 Å². The first-order chi connectivity index (χ1) is 16.5. The van der Waals surface area contributed by atoms with Gasteiger partial charge in [-0.2, -0.15) is 12.7 Å². The van der Waals surface area contributed by atoms with Crippen molar-refractivity contribution in [2.45, 2.75) is 4.90 Å². The number of halogens is 1. The lowest BCUT2D eigenvalue weighted by Gasteiger charge is -2.36. The number of aromatic nitrogens is 1. The Hall–Kier alpha value is -2.33. The summed E-state index contributed by atoms with van der Waals surface area (Å²) < 4.78 is 56.2. The fraction of sp³-hybridized carbons (Fsp3) is 0.450. The lowest BCUT2D eigenvalue weighted by Crippen LogP contribution is -2.49. The first-order valence-corrected chi connectivity index (χ1v) is 15.0. The van der Waals surface area contributed by atoms with Crippen LogP contribution in [0.25, 0.3) is 0 Å². The monoisotopic (exact) mass is 591 g/mol. The molecule has 1 aromatic carbocycles. The Labute approximate surface area is 212 Å². The molecular formula is C20H26BrN5O7S2. The van der Waals surface area contributed by atoms with Crippen LogP contribution in [-0.2, 0) is 24.3 Å². The standard InChI is InChI=1S/C20H26BrN5O7S2/c1-34(29,30)33-14-13-24(8-6-21)19-5-4-17(26(27)28)15-20(19)35(31,32)25-11-9-23(10-12-25)18-3-2-7-22-16-18/h2-5,7,15-16H,6,8-14H2,1H3. The minimum atomic E-state index is -4.10. The lowest BCUT2D eigenvalue weighted by molar-refractivity contribution is -0.385. The molecule has 35 heavy (non-hydrogen) atoms. The molecular weight excluding hydrogens is 566 g/mol. The maximum atomic E-state index is 13.7. The van der Waals surface area contributed by atoms with Crippen molar-refractivity contribution >= 4 is 53.1 Å². The van der Waals surface area contributed by atoms with E-state index in [0.29, 0.717) is 25.0 Å². The summed E-state index contributed by atoms with van der Waals surface area (Å²) in [4.78, 5) is 18.3. The highest BCUT2D eigenvalue weighted by atomic mass is 79.9. The average molecular weight is 592 g/mol. The van der Waals surface area contributed by atoms with Gasteiger partial charge in [0.15, 0.2) is 0 Å². The van der Waals surface area contributed by atoms with Gasteiger partial charge in [-0.1, -0.05) is 15.9 Å². The Kier molecular flexibility index (Phi) is 9.04. The topological polar surface area (TPSA) is 143 Å². The number of hydrogen-bond donors (Lipinski definition) is 0. The van der Waals surface area contributed by atoms with Crippen LogP contribution in [-0.4, -0.2) is 88.5 Å². The van der Waals surface area contributed by atoms with Gasteiger partial charge in [-0.05, 0) is 18.2 Å². The number of hydrogen-bond acceptors (Lipinski definition) is 10. The summed E-state index contributed by atoms with van der Waals surface area (Å²) >= 11 is 3.32. The van der Waals surface area contributed by atoms with Crippen molar-refractivity contribution in [3.8, 4) is 0 Å². The molecule has 1 saturated heterocycles. The van der Waals surface area contributed by atoms with Crippen LogP contribution in [0.5, 0.6) is 0 Å². The Morgan fingerprint density at radius 2 is 1.86 bits per heavy atom. The fourth-order valence-corrected chi connectivity index (χ4v) is 6.16. The van der Waals surface area contributed by atoms with Crippen molar-refractivity contribution in [3.05, 3.63) is 52.8 Å². The molecule has 0 amide bonds. The predicted octanol–water partition coefficient (Wildman–Crippen LogP) is 1.68. The van der Waals surface area contributed by atoms with E-state index in [-0.39, 0.29) is 42.5 Å². The first kappa shape index (κ1) is 27.3. The van der Waals surface area contributed by atoms with E-state index >= 15 is 0 Å². The van der Waals surface area contributed by atoms with E-state index in [0.717, 1.165) is 18.0 Å². The average Bonchev–Trinajstić information content (AvgIpc) is 2.83. The number of anilines is 2. The lowest BCUT2D eigenvalue weighted by atomic mass is 10.2. The molecule has 1 aliphatic heterocycles. The molecule has 15 heteroatoms. The molecule has 2 heterocycles. The highest BCUT2D eigenvalue weighted by Crippen LogP contribution is 2.32. The van der Waals surface area contributed by atoms with Crippen molar-refractivity contribution in [3.63, 3.8) is 0 Å². The van der Waals surface area contributed by atoms with Crippen molar-refractivity contribution in [1.82, 2.24) is 9.29 Å². The minimum absolute atomic E-state index is 0.0633. The van der Waals surface area contributed by atoms with Gasteiger partial charge in [-0.3, -0.25) is 19.3 Å². The van der Waals surface area contributed by atoms with Crippen LogP contribution in [0.15, 0.2) is 47.6 Å². The molecule has 0 N–H and O–H groups in total. The second kappa shape index (κ2) is 11.6. The quantitative estimate of drug-likeness (QED) is 0.164. The zero-order valence-electron chi connectivity index (χ0n) is 19.0. The van der Waals surface area contributed by atoms with E-state index in [9.17, 15) is 26.9 Å². The molecule has 12 nitrogen and oxygen atoms in total. The summed E-state index contributed by atoms with van der Waals surface area (Å²) in [6.45, 7) is 1.43. The maximum absolute atomic E-state index is 13.7. The van der Waals surface area contributed by atoms with E-state index in [1.807, 2.05) is 11.0 Å². The first-order valence-electron chi connectivity index (χ1n) is 10.6. The van der Waals surface area contributed by atoms with Gasteiger partial charge in [0.2, 0.25) is 10.0 Å². The van der Waals surface area contributed by atoms with Gasteiger partial charge >= 0.3 is 0 Å². The van der Waals surface area contributed by atoms with E-state index in [1.165, 1.54) is 16.4 Å². The van der Waals surface area contributed by atoms with Gasteiger partial charge in [0.05, 0.1) is 35.4 Å². The molecule has 1 aromatic heterocycles. The number of nitro groups is 1. The van der Waals surface area contributed by atoms with Crippen molar-refractivity contribution < 1.29 is 25.9 Å². The molecule has 0 unspecified atom stereocenters. The number of alkyl halides is 1. The SMILES string of the molecule is CS(=O)(=O)OCCN(CCBr)c1ccc([N+](=O)[O-])cc1S(=O)(=O)N1CCN(c2cccnc2)CC1. The van der Waals surface area contributed by atoms with E-state index in [1.54, 1.807) is 23.4 Å². The third-order valence-electron chi connectivity index (χ3n) is 5.38. The predicted molar refractivity (Wildman–Crippen MR) is 135 cm³/mol. The van der Waals surface area contributed by atoms with Crippen LogP contribution in [0.3, 0.4) is 0 Å². The third-order valence-corrected chi connectivity index (χ3v) is 8.25. The number of benzene rings is 1. The summed E-state index contributed by atoms with van der Waals surface area (Å²) in [6, 6.07) is 7.36. The number of piperazine rings is 1. The molecule has 0 atom stereocenters. The highest BCUT2D eigenvalue weighted by molar-refractivity contribution is 9.09. The fourth-order valence-electron chi connectivity index (χ4n) is 3.70. The molecule has 3 rings (SSSR count). The molecule has 0 aliphatic carbocycles. The van der Waals surface area contributed by atoms with E-state index in [4.69, 9.17) is 4.18 Å². The van der Waals surface area contributed by atoms with Crippen LogP contribution in [0.2, 0.25) is 0 Å². The van der Waals surface area contributed by atoms with Crippen molar-refractivity contribution in [1.29, 1.82) is 0 Å². The number of nitrogens with zero attached hydrogens (tertiary/aromatic N) is 5. The molecule has 2 aromatic rings. The molecule has 0 spiro atoms. The summed E-state index contributed by atoms with van der Waals surface area (Å²) in [7, 11) is -7.78. The summed E-state index contributed by atoms with van der Waals surface area (Å²) in [6.07, 6.45) is 4.29. The second-order valence-electron chi connectivity index (χ2n) is 7.71. The van der Waals surface area contributed by atoms with Gasteiger partial charge in [0.1, 0.15) is 4.90 Å². The normalized spacial score (nSPS) is 15.2. The summed E-state index contributed by atoms with van der Waals surface area (Å²) in [5.74, 6) is 0. The summed E-state index contributed by atoms with van der Waals surface area (Å²) in [5, 5.41) is 11.9. The smallest absolute Gasteiger partial charge is 0.270 e. The van der Waals surface area contributed by atoms with Crippen LogP contribution >= 0.6 is 15.9 Å². The summed E-state index contributed by atoms with van der Waals surface area (Å²) in [5.41, 5.74) is 0.768. The number of nitro benzene ring substituents is 1. The molecule has 0 saturated carbocycles. The minimum Gasteiger partial charge on any atom is -0.368 e. The zero-order valence-corrected chi connectivity index (χ0v) is 22.2. The number of pyridine rings is 1. The molecule has 1 aliphatic rings. The number of rotatable bonds is 11. The number of sulfonamides is 1. The molecule has 0 radical (unpaired) electrons. The van der Waals surface area contributed by atoms with Crippen molar-refractivity contribution in [2.24, 2.45) is 0 Å². The highest BCUT2D eigenvalue weighted by Gasteiger charge is 2.33. The van der Waals surface area contributed by atoms with E-state index in [2.05, 4.69) is 20.9 Å². The van der Waals surface area contributed by atoms with Crippen LogP contribution in [0.4, 0.5) is 17.1 Å². The van der Waals surface area contributed by atoms with Gasteiger partial charge in [0.25, 0.3) is 15.8 Å². The second-order valence-corrected chi connectivity index (χ2v) is 12.1. The maximum Gasteiger partial charge on any atom is 0.270 e. The molecule has 0 bridgehead atoms. The Bertz CT molecular complexity index is 1240. The molecule has 192 valence electrons.